The molecule has 2 amide bonds. The molecule has 154 valence electrons. The Morgan fingerprint density at radius 1 is 1.07 bits per heavy atom. The minimum Gasteiger partial charge on any atom is -0.487 e. The number of carbonyl (C=O) groups excluding carboxylic acids is 2. The molecule has 1 saturated heterocycles. The third kappa shape index (κ3) is 3.32. The molecule has 6 nitrogen and oxygen atoms in total. The summed E-state index contributed by atoms with van der Waals surface area (Å²) in [6.45, 7) is 0.788. The SMILES string of the molecule is O=C1CCc2cc(OC3CN(C(=O)N4N=CCC4c4cc(F)cc(F)c4)C3)ccc21. The Morgan fingerprint density at radius 3 is 2.60 bits per heavy atom. The first-order chi connectivity index (χ1) is 14.5. The van der Waals surface area contributed by atoms with Gasteiger partial charge >= 0.3 is 6.03 Å². The Balaban J connectivity index is 1.21. The van der Waals surface area contributed by atoms with Gasteiger partial charge in [-0.15, -0.1) is 0 Å². The fourth-order valence-corrected chi connectivity index (χ4v) is 4.15. The van der Waals surface area contributed by atoms with Gasteiger partial charge in [-0.25, -0.2) is 18.6 Å². The highest BCUT2D eigenvalue weighted by Crippen LogP contribution is 2.32. The molecule has 3 aliphatic rings. The molecular formula is C22H19F2N3O3. The summed E-state index contributed by atoms with van der Waals surface area (Å²) in [5, 5.41) is 5.38. The summed E-state index contributed by atoms with van der Waals surface area (Å²) in [4.78, 5) is 26.2. The molecule has 1 atom stereocenters. The van der Waals surface area contributed by atoms with E-state index in [1.165, 1.54) is 17.1 Å². The highest BCUT2D eigenvalue weighted by atomic mass is 19.1. The third-order valence-corrected chi connectivity index (χ3v) is 5.72. The van der Waals surface area contributed by atoms with Gasteiger partial charge in [0.25, 0.3) is 0 Å². The number of benzene rings is 2. The zero-order valence-corrected chi connectivity index (χ0v) is 16.1. The first kappa shape index (κ1) is 18.7. The Morgan fingerprint density at radius 2 is 1.83 bits per heavy atom. The van der Waals surface area contributed by atoms with Crippen LogP contribution in [0.25, 0.3) is 0 Å². The van der Waals surface area contributed by atoms with Crippen molar-refractivity contribution < 1.29 is 23.1 Å². The number of Topliss-reactive ketones (excluding diaryl/α,β-unsaturated/α-hetero) is 1. The van der Waals surface area contributed by atoms with Gasteiger partial charge in [0.1, 0.15) is 23.5 Å². The number of hydrogen-bond donors (Lipinski definition) is 0. The lowest BCUT2D eigenvalue weighted by Crippen LogP contribution is -2.58. The molecule has 1 fully saturated rings. The molecular weight excluding hydrogens is 392 g/mol. The van der Waals surface area contributed by atoms with Crippen LogP contribution in [0.5, 0.6) is 5.75 Å². The van der Waals surface area contributed by atoms with Gasteiger partial charge in [0, 0.05) is 30.7 Å². The number of amides is 2. The second-order valence-electron chi connectivity index (χ2n) is 7.77. The van der Waals surface area contributed by atoms with E-state index in [1.807, 2.05) is 6.07 Å². The molecule has 0 N–H and O–H groups in total. The van der Waals surface area contributed by atoms with Crippen LogP contribution >= 0.6 is 0 Å². The average molecular weight is 411 g/mol. The second-order valence-corrected chi connectivity index (χ2v) is 7.77. The molecule has 1 unspecified atom stereocenters. The number of hydrazone groups is 1. The molecule has 2 aromatic rings. The van der Waals surface area contributed by atoms with E-state index >= 15 is 0 Å². The van der Waals surface area contributed by atoms with Crippen LogP contribution in [0, 0.1) is 11.6 Å². The largest absolute Gasteiger partial charge is 0.487 e. The summed E-state index contributed by atoms with van der Waals surface area (Å²) >= 11 is 0. The Kier molecular flexibility index (Phi) is 4.49. The van der Waals surface area contributed by atoms with E-state index in [4.69, 9.17) is 4.74 Å². The van der Waals surface area contributed by atoms with Gasteiger partial charge < -0.3 is 9.64 Å². The van der Waals surface area contributed by atoms with E-state index in [9.17, 15) is 18.4 Å². The van der Waals surface area contributed by atoms with Crippen LogP contribution in [0.15, 0.2) is 41.5 Å². The molecule has 0 bridgehead atoms. The standard InChI is InChI=1S/C22H19F2N3O3/c23-15-7-14(8-16(24)10-15)20-5-6-25-27(20)22(29)26-11-18(12-26)30-17-2-3-19-13(9-17)1-4-21(19)28/h2-3,6-10,18,20H,1,4-5,11-12H2. The van der Waals surface area contributed by atoms with E-state index in [0.717, 1.165) is 23.6 Å². The van der Waals surface area contributed by atoms with Crippen LogP contribution in [0.2, 0.25) is 0 Å². The molecule has 2 aromatic carbocycles. The van der Waals surface area contributed by atoms with E-state index in [-0.39, 0.29) is 17.9 Å². The van der Waals surface area contributed by atoms with Crippen molar-refractivity contribution in [1.82, 2.24) is 9.91 Å². The molecule has 8 heteroatoms. The van der Waals surface area contributed by atoms with Gasteiger partial charge in [0.15, 0.2) is 5.78 Å². The number of ketones is 1. The number of likely N-dealkylation sites (tertiary alicyclic amines) is 1. The normalized spacial score (nSPS) is 20.5. The van der Waals surface area contributed by atoms with Crippen molar-refractivity contribution in [2.75, 3.05) is 13.1 Å². The number of halogens is 2. The van der Waals surface area contributed by atoms with Crippen molar-refractivity contribution in [1.29, 1.82) is 0 Å². The van der Waals surface area contributed by atoms with Gasteiger partial charge in [0.2, 0.25) is 0 Å². The average Bonchev–Trinajstić information content (AvgIpc) is 3.30. The maximum Gasteiger partial charge on any atom is 0.341 e. The maximum atomic E-state index is 13.6. The van der Waals surface area contributed by atoms with Crippen LogP contribution in [-0.4, -0.2) is 47.1 Å². The highest BCUT2D eigenvalue weighted by Gasteiger charge is 2.39. The first-order valence-electron chi connectivity index (χ1n) is 9.87. The predicted octanol–water partition coefficient (Wildman–Crippen LogP) is 3.71. The van der Waals surface area contributed by atoms with Gasteiger partial charge in [-0.1, -0.05) is 0 Å². The predicted molar refractivity (Wildman–Crippen MR) is 105 cm³/mol. The van der Waals surface area contributed by atoms with E-state index in [1.54, 1.807) is 23.2 Å². The summed E-state index contributed by atoms with van der Waals surface area (Å²) in [6.07, 6.45) is 3.09. The van der Waals surface area contributed by atoms with Crippen molar-refractivity contribution >= 4 is 18.0 Å². The minimum absolute atomic E-state index is 0.152. The molecule has 0 radical (unpaired) electrons. The van der Waals surface area contributed by atoms with E-state index in [0.29, 0.717) is 37.2 Å². The van der Waals surface area contributed by atoms with Crippen molar-refractivity contribution in [3.05, 3.63) is 64.7 Å². The first-order valence-corrected chi connectivity index (χ1v) is 9.87. The van der Waals surface area contributed by atoms with Crippen molar-refractivity contribution in [2.24, 2.45) is 5.10 Å². The molecule has 30 heavy (non-hydrogen) atoms. The third-order valence-electron chi connectivity index (χ3n) is 5.72. The molecule has 5 rings (SSSR count). The van der Waals surface area contributed by atoms with Gasteiger partial charge in [0.05, 0.1) is 19.1 Å². The van der Waals surface area contributed by atoms with Crippen LogP contribution in [-0.2, 0) is 6.42 Å². The quantitative estimate of drug-likeness (QED) is 0.774. The monoisotopic (exact) mass is 411 g/mol. The molecule has 2 heterocycles. The summed E-state index contributed by atoms with van der Waals surface area (Å²) in [5.41, 5.74) is 2.14. The van der Waals surface area contributed by atoms with Crippen LogP contribution < -0.4 is 4.74 Å². The smallest absolute Gasteiger partial charge is 0.341 e. The molecule has 2 aliphatic heterocycles. The van der Waals surface area contributed by atoms with Crippen LogP contribution in [0.4, 0.5) is 13.6 Å². The molecule has 0 spiro atoms. The number of carbonyl (C=O) groups is 2. The summed E-state index contributed by atoms with van der Waals surface area (Å²) in [5.74, 6) is -0.515. The lowest BCUT2D eigenvalue weighted by Gasteiger charge is -2.41. The number of urea groups is 1. The Hall–Kier alpha value is -3.29. The molecule has 0 saturated carbocycles. The summed E-state index contributed by atoms with van der Waals surface area (Å²) < 4.78 is 33.1. The molecule has 1 aliphatic carbocycles. The molecule has 0 aromatic heterocycles. The number of aryl methyl sites for hydroxylation is 1. The van der Waals surface area contributed by atoms with E-state index < -0.39 is 17.7 Å². The number of ether oxygens (including phenoxy) is 1. The number of nitrogens with zero attached hydrogens (tertiary/aromatic N) is 3. The Bertz CT molecular complexity index is 1050. The van der Waals surface area contributed by atoms with Gasteiger partial charge in [-0.2, -0.15) is 5.10 Å². The summed E-state index contributed by atoms with van der Waals surface area (Å²) in [6, 6.07) is 7.87. The van der Waals surface area contributed by atoms with E-state index in [2.05, 4.69) is 5.10 Å². The van der Waals surface area contributed by atoms with Gasteiger partial charge in [-0.3, -0.25) is 4.79 Å². The fourth-order valence-electron chi connectivity index (χ4n) is 4.15. The highest BCUT2D eigenvalue weighted by molar-refractivity contribution is 6.00. The number of rotatable bonds is 3. The maximum absolute atomic E-state index is 13.6. The van der Waals surface area contributed by atoms with Crippen LogP contribution in [0.1, 0.15) is 40.4 Å². The lowest BCUT2D eigenvalue weighted by atomic mass is 10.0. The topological polar surface area (TPSA) is 62.2 Å². The number of hydrogen-bond acceptors (Lipinski definition) is 4. The second kappa shape index (κ2) is 7.19. The lowest BCUT2D eigenvalue weighted by molar-refractivity contribution is 0.0277. The minimum atomic E-state index is -0.683. The number of fused-ring (bicyclic) bond motifs is 1. The van der Waals surface area contributed by atoms with Crippen molar-refractivity contribution in [2.45, 2.75) is 31.4 Å². The van der Waals surface area contributed by atoms with Crippen LogP contribution in [0.3, 0.4) is 0 Å². The fraction of sp³-hybridized carbons (Fsp3) is 0.318. The van der Waals surface area contributed by atoms with Crippen molar-refractivity contribution in [3.8, 4) is 5.75 Å². The summed E-state index contributed by atoms with van der Waals surface area (Å²) in [7, 11) is 0. The Labute approximate surface area is 171 Å². The van der Waals surface area contributed by atoms with Crippen molar-refractivity contribution in [3.63, 3.8) is 0 Å². The van der Waals surface area contributed by atoms with Gasteiger partial charge in [-0.05, 0) is 47.9 Å². The zero-order valence-electron chi connectivity index (χ0n) is 16.1. The zero-order chi connectivity index (χ0) is 20.8.